The number of hydrogen-bond donors (Lipinski definition) is 1. The summed E-state index contributed by atoms with van der Waals surface area (Å²) < 4.78 is 0. The largest absolute Gasteiger partial charge is 0.390 e. The van der Waals surface area contributed by atoms with Crippen molar-refractivity contribution in [3.05, 3.63) is 0 Å². The van der Waals surface area contributed by atoms with Gasteiger partial charge in [-0.05, 0) is 38.6 Å². The number of piperidine rings is 1. The Kier molecular flexibility index (Phi) is 2.16. The first-order valence-electron chi connectivity index (χ1n) is 5.41. The number of hydrogen-bond acceptors (Lipinski definition) is 2. The highest BCUT2D eigenvalue weighted by Crippen LogP contribution is 2.46. The third-order valence-corrected chi connectivity index (χ3v) is 4.14. The summed E-state index contributed by atoms with van der Waals surface area (Å²) in [7, 11) is 2.17. The third-order valence-electron chi connectivity index (χ3n) is 4.14. The van der Waals surface area contributed by atoms with Crippen LogP contribution in [-0.4, -0.2) is 35.7 Å². The van der Waals surface area contributed by atoms with Crippen molar-refractivity contribution < 1.29 is 5.11 Å². The molecule has 1 saturated heterocycles. The maximum atomic E-state index is 10.2. The standard InChI is InChI=1S/C11H21NO/c1-8-6-12(3)7-10-9(8)4-5-11(10,2)13/h8-10,13H,4-7H2,1-3H3. The van der Waals surface area contributed by atoms with Crippen molar-refractivity contribution in [3.8, 4) is 0 Å². The molecule has 0 radical (unpaired) electrons. The Balaban J connectivity index is 2.16. The van der Waals surface area contributed by atoms with Crippen molar-refractivity contribution >= 4 is 0 Å². The summed E-state index contributed by atoms with van der Waals surface area (Å²) in [6.07, 6.45) is 2.23. The lowest BCUT2D eigenvalue weighted by atomic mass is 9.77. The van der Waals surface area contributed by atoms with E-state index in [4.69, 9.17) is 0 Å². The zero-order valence-electron chi connectivity index (χ0n) is 8.95. The zero-order valence-corrected chi connectivity index (χ0v) is 8.95. The number of likely N-dealkylation sites (tertiary alicyclic amines) is 1. The molecule has 0 spiro atoms. The van der Waals surface area contributed by atoms with Crippen LogP contribution in [0.4, 0.5) is 0 Å². The minimum Gasteiger partial charge on any atom is -0.390 e. The summed E-state index contributed by atoms with van der Waals surface area (Å²) >= 11 is 0. The first-order valence-corrected chi connectivity index (χ1v) is 5.41. The van der Waals surface area contributed by atoms with Crippen LogP contribution in [0.1, 0.15) is 26.7 Å². The Morgan fingerprint density at radius 3 is 2.77 bits per heavy atom. The molecule has 4 unspecified atom stereocenters. The number of rotatable bonds is 0. The highest BCUT2D eigenvalue weighted by atomic mass is 16.3. The van der Waals surface area contributed by atoms with Gasteiger partial charge in [-0.15, -0.1) is 0 Å². The lowest BCUT2D eigenvalue weighted by Crippen LogP contribution is -2.48. The van der Waals surface area contributed by atoms with Crippen molar-refractivity contribution in [1.29, 1.82) is 0 Å². The van der Waals surface area contributed by atoms with E-state index >= 15 is 0 Å². The van der Waals surface area contributed by atoms with Gasteiger partial charge >= 0.3 is 0 Å². The molecule has 0 bridgehead atoms. The van der Waals surface area contributed by atoms with E-state index in [1.165, 1.54) is 13.0 Å². The van der Waals surface area contributed by atoms with Crippen LogP contribution in [0.2, 0.25) is 0 Å². The van der Waals surface area contributed by atoms with E-state index in [0.29, 0.717) is 5.92 Å². The highest BCUT2D eigenvalue weighted by molar-refractivity contribution is 4.99. The van der Waals surface area contributed by atoms with Crippen LogP contribution < -0.4 is 0 Å². The number of aliphatic hydroxyl groups is 1. The molecule has 4 atom stereocenters. The van der Waals surface area contributed by atoms with Crippen LogP contribution in [0, 0.1) is 17.8 Å². The van der Waals surface area contributed by atoms with Gasteiger partial charge in [0, 0.05) is 19.0 Å². The van der Waals surface area contributed by atoms with Crippen LogP contribution in [0.5, 0.6) is 0 Å². The second-order valence-corrected chi connectivity index (χ2v) is 5.36. The topological polar surface area (TPSA) is 23.5 Å². The van der Waals surface area contributed by atoms with Gasteiger partial charge in [-0.3, -0.25) is 0 Å². The van der Waals surface area contributed by atoms with E-state index in [2.05, 4.69) is 18.9 Å². The van der Waals surface area contributed by atoms with Gasteiger partial charge in [-0.25, -0.2) is 0 Å². The normalized spacial score (nSPS) is 52.2. The third kappa shape index (κ3) is 1.50. The molecule has 0 amide bonds. The molecule has 2 aliphatic rings. The lowest BCUT2D eigenvalue weighted by Gasteiger charge is -2.41. The maximum absolute atomic E-state index is 10.2. The number of nitrogens with zero attached hydrogens (tertiary/aromatic N) is 1. The van der Waals surface area contributed by atoms with Crippen molar-refractivity contribution in [3.63, 3.8) is 0 Å². The summed E-state index contributed by atoms with van der Waals surface area (Å²) in [5.41, 5.74) is -0.395. The fourth-order valence-corrected chi connectivity index (χ4v) is 3.36. The molecule has 2 nitrogen and oxygen atoms in total. The van der Waals surface area contributed by atoms with Crippen molar-refractivity contribution in [1.82, 2.24) is 4.90 Å². The van der Waals surface area contributed by atoms with Gasteiger partial charge in [0.2, 0.25) is 0 Å². The van der Waals surface area contributed by atoms with Crippen LogP contribution in [0.3, 0.4) is 0 Å². The molecule has 0 aromatic rings. The van der Waals surface area contributed by atoms with Gasteiger partial charge < -0.3 is 10.0 Å². The van der Waals surface area contributed by atoms with Gasteiger partial charge in [0.15, 0.2) is 0 Å². The van der Waals surface area contributed by atoms with Crippen LogP contribution in [0.25, 0.3) is 0 Å². The molecule has 2 heteroatoms. The van der Waals surface area contributed by atoms with Crippen LogP contribution in [-0.2, 0) is 0 Å². The van der Waals surface area contributed by atoms with Gasteiger partial charge in [0.25, 0.3) is 0 Å². The second kappa shape index (κ2) is 2.96. The van der Waals surface area contributed by atoms with Crippen molar-refractivity contribution in [2.24, 2.45) is 17.8 Å². The minimum atomic E-state index is -0.395. The quantitative estimate of drug-likeness (QED) is 0.612. The summed E-state index contributed by atoms with van der Waals surface area (Å²) in [5, 5.41) is 10.2. The van der Waals surface area contributed by atoms with Gasteiger partial charge in [0.05, 0.1) is 5.60 Å². The van der Waals surface area contributed by atoms with Crippen LogP contribution >= 0.6 is 0 Å². The monoisotopic (exact) mass is 183 g/mol. The van der Waals surface area contributed by atoms with Gasteiger partial charge in [-0.2, -0.15) is 0 Å². The van der Waals surface area contributed by atoms with E-state index in [1.807, 2.05) is 6.92 Å². The fourth-order valence-electron chi connectivity index (χ4n) is 3.36. The first kappa shape index (κ1) is 9.47. The fraction of sp³-hybridized carbons (Fsp3) is 1.00. The molecular formula is C11H21NO. The van der Waals surface area contributed by atoms with E-state index < -0.39 is 5.60 Å². The average Bonchev–Trinajstić information content (AvgIpc) is 2.28. The maximum Gasteiger partial charge on any atom is 0.0662 e. The zero-order chi connectivity index (χ0) is 9.64. The molecule has 2 rings (SSSR count). The van der Waals surface area contributed by atoms with Crippen molar-refractivity contribution in [2.45, 2.75) is 32.3 Å². The summed E-state index contributed by atoms with van der Waals surface area (Å²) in [5.74, 6) is 2.05. The molecule has 1 N–H and O–H groups in total. The van der Waals surface area contributed by atoms with E-state index in [0.717, 1.165) is 24.8 Å². The predicted molar refractivity (Wildman–Crippen MR) is 53.5 cm³/mol. The van der Waals surface area contributed by atoms with Gasteiger partial charge in [0.1, 0.15) is 0 Å². The summed E-state index contributed by atoms with van der Waals surface area (Å²) in [6.45, 7) is 6.64. The van der Waals surface area contributed by atoms with Gasteiger partial charge in [-0.1, -0.05) is 6.92 Å². The summed E-state index contributed by atoms with van der Waals surface area (Å²) in [4.78, 5) is 2.37. The molecule has 13 heavy (non-hydrogen) atoms. The van der Waals surface area contributed by atoms with E-state index in [1.54, 1.807) is 0 Å². The molecule has 1 heterocycles. The SMILES string of the molecule is CC1CN(C)CC2C1CCC2(C)O. The smallest absolute Gasteiger partial charge is 0.0662 e. The number of fused-ring (bicyclic) bond motifs is 1. The Labute approximate surface area is 80.9 Å². The summed E-state index contributed by atoms with van der Waals surface area (Å²) in [6, 6.07) is 0. The molecule has 76 valence electrons. The predicted octanol–water partition coefficient (Wildman–Crippen LogP) is 1.35. The molecule has 1 aliphatic heterocycles. The Morgan fingerprint density at radius 1 is 1.38 bits per heavy atom. The Morgan fingerprint density at radius 2 is 2.08 bits per heavy atom. The highest BCUT2D eigenvalue weighted by Gasteiger charge is 2.48. The molecular weight excluding hydrogens is 162 g/mol. The lowest BCUT2D eigenvalue weighted by molar-refractivity contribution is -0.0301. The Hall–Kier alpha value is -0.0800. The average molecular weight is 183 g/mol. The molecule has 2 fully saturated rings. The van der Waals surface area contributed by atoms with E-state index in [9.17, 15) is 5.11 Å². The van der Waals surface area contributed by atoms with Crippen molar-refractivity contribution in [2.75, 3.05) is 20.1 Å². The molecule has 0 aromatic carbocycles. The molecule has 1 aliphatic carbocycles. The van der Waals surface area contributed by atoms with E-state index in [-0.39, 0.29) is 0 Å². The minimum absolute atomic E-state index is 0.395. The molecule has 0 aromatic heterocycles. The Bertz CT molecular complexity index is 202. The molecule has 1 saturated carbocycles. The second-order valence-electron chi connectivity index (χ2n) is 5.36. The first-order chi connectivity index (χ1) is 6.00. The van der Waals surface area contributed by atoms with Crippen LogP contribution in [0.15, 0.2) is 0 Å².